The molecule has 1 aromatic carbocycles. The van der Waals surface area contributed by atoms with Crippen molar-refractivity contribution >= 4 is 5.78 Å². The van der Waals surface area contributed by atoms with Crippen molar-refractivity contribution in [3.8, 4) is 5.75 Å². The molecule has 3 rings (SSSR count). The lowest BCUT2D eigenvalue weighted by atomic mass is 9.50. The van der Waals surface area contributed by atoms with E-state index in [-0.39, 0.29) is 11.3 Å². The maximum atomic E-state index is 12.5. The van der Waals surface area contributed by atoms with Crippen LogP contribution in [0.25, 0.3) is 0 Å². The second-order valence-corrected chi connectivity index (χ2v) is 8.37. The quantitative estimate of drug-likeness (QED) is 0.752. The van der Waals surface area contributed by atoms with Crippen LogP contribution in [-0.2, 0) is 11.2 Å². The van der Waals surface area contributed by atoms with Gasteiger partial charge in [-0.1, -0.05) is 38.5 Å². The standard InChI is InChI=1S/C22H30O2/c1-14(2)5-6-17-12-19(24)13-21-20-8-7-18(23)11-16(20)9-10-22(17,21)15(3)4/h7-8,11,14,17,21,23H,3,5-6,9-10,12-13H2,1-2,4H3/t17-,21+,22+/m0/s1. The Hall–Kier alpha value is -1.57. The highest BCUT2D eigenvalue weighted by Crippen LogP contribution is 2.60. The van der Waals surface area contributed by atoms with Crippen molar-refractivity contribution in [1.82, 2.24) is 0 Å². The lowest BCUT2D eigenvalue weighted by Crippen LogP contribution is -2.46. The molecule has 1 aromatic rings. The van der Waals surface area contributed by atoms with Gasteiger partial charge in [-0.15, -0.1) is 0 Å². The summed E-state index contributed by atoms with van der Waals surface area (Å²) in [6.45, 7) is 11.1. The number of carbonyl (C=O) groups is 1. The molecule has 2 nitrogen and oxygen atoms in total. The fourth-order valence-corrected chi connectivity index (χ4v) is 5.24. The number of allylic oxidation sites excluding steroid dienone is 1. The lowest BCUT2D eigenvalue weighted by Gasteiger charge is -2.53. The molecule has 24 heavy (non-hydrogen) atoms. The largest absolute Gasteiger partial charge is 0.508 e. The molecule has 1 fully saturated rings. The minimum atomic E-state index is 0.0484. The lowest BCUT2D eigenvalue weighted by molar-refractivity contribution is -0.126. The fourth-order valence-electron chi connectivity index (χ4n) is 5.24. The Morgan fingerprint density at radius 3 is 2.79 bits per heavy atom. The van der Waals surface area contributed by atoms with E-state index in [2.05, 4.69) is 27.4 Å². The third kappa shape index (κ3) is 2.81. The van der Waals surface area contributed by atoms with Gasteiger partial charge < -0.3 is 5.11 Å². The molecule has 1 saturated carbocycles. The van der Waals surface area contributed by atoms with E-state index in [9.17, 15) is 9.90 Å². The van der Waals surface area contributed by atoms with E-state index < -0.39 is 0 Å². The van der Waals surface area contributed by atoms with Crippen LogP contribution in [0.15, 0.2) is 30.4 Å². The summed E-state index contributed by atoms with van der Waals surface area (Å²) in [6, 6.07) is 5.71. The molecule has 2 aliphatic rings. The maximum Gasteiger partial charge on any atom is 0.133 e. The van der Waals surface area contributed by atoms with Crippen LogP contribution in [0.4, 0.5) is 0 Å². The van der Waals surface area contributed by atoms with Gasteiger partial charge in [0.05, 0.1) is 0 Å². The van der Waals surface area contributed by atoms with E-state index in [0.717, 1.165) is 19.3 Å². The molecule has 0 radical (unpaired) electrons. The number of phenolic OH excluding ortho intramolecular Hbond substituents is 1. The highest BCUT2D eigenvalue weighted by Gasteiger charge is 2.52. The van der Waals surface area contributed by atoms with Gasteiger partial charge in [0.2, 0.25) is 0 Å². The highest BCUT2D eigenvalue weighted by molar-refractivity contribution is 5.81. The summed E-state index contributed by atoms with van der Waals surface area (Å²) >= 11 is 0. The fraction of sp³-hybridized carbons (Fsp3) is 0.591. The smallest absolute Gasteiger partial charge is 0.133 e. The van der Waals surface area contributed by atoms with E-state index in [1.54, 1.807) is 6.07 Å². The number of rotatable bonds is 4. The predicted molar refractivity (Wildman–Crippen MR) is 98.2 cm³/mol. The van der Waals surface area contributed by atoms with Gasteiger partial charge in [0, 0.05) is 24.2 Å². The number of aryl methyl sites for hydroxylation is 1. The Morgan fingerprint density at radius 1 is 1.38 bits per heavy atom. The average molecular weight is 326 g/mol. The maximum absolute atomic E-state index is 12.5. The van der Waals surface area contributed by atoms with Gasteiger partial charge in [0.1, 0.15) is 11.5 Å². The van der Waals surface area contributed by atoms with Crippen molar-refractivity contribution in [3.63, 3.8) is 0 Å². The highest BCUT2D eigenvalue weighted by atomic mass is 16.3. The zero-order valence-corrected chi connectivity index (χ0v) is 15.3. The summed E-state index contributed by atoms with van der Waals surface area (Å²) in [4.78, 5) is 12.5. The Kier molecular flexibility index (Phi) is 4.59. The van der Waals surface area contributed by atoms with Crippen molar-refractivity contribution < 1.29 is 9.90 Å². The van der Waals surface area contributed by atoms with Crippen molar-refractivity contribution in [2.45, 2.75) is 65.2 Å². The van der Waals surface area contributed by atoms with Crippen molar-refractivity contribution in [3.05, 3.63) is 41.5 Å². The zero-order chi connectivity index (χ0) is 17.5. The average Bonchev–Trinajstić information content (AvgIpc) is 2.51. The van der Waals surface area contributed by atoms with Crippen LogP contribution in [0.3, 0.4) is 0 Å². The molecule has 130 valence electrons. The summed E-state index contributed by atoms with van der Waals surface area (Å²) in [5.74, 6) is 2.03. The molecule has 0 spiro atoms. The van der Waals surface area contributed by atoms with E-state index in [4.69, 9.17) is 0 Å². The number of aromatic hydroxyl groups is 1. The molecule has 0 unspecified atom stereocenters. The van der Waals surface area contributed by atoms with Crippen LogP contribution in [0.5, 0.6) is 5.75 Å². The zero-order valence-electron chi connectivity index (χ0n) is 15.3. The number of ketones is 1. The molecule has 0 saturated heterocycles. The molecule has 0 aliphatic heterocycles. The minimum Gasteiger partial charge on any atom is -0.508 e. The van der Waals surface area contributed by atoms with E-state index in [0.29, 0.717) is 36.2 Å². The van der Waals surface area contributed by atoms with E-state index >= 15 is 0 Å². The van der Waals surface area contributed by atoms with Gasteiger partial charge in [-0.3, -0.25) is 4.79 Å². The number of benzene rings is 1. The summed E-state index contributed by atoms with van der Waals surface area (Å²) in [5.41, 5.74) is 3.78. The van der Waals surface area contributed by atoms with Crippen LogP contribution in [0.2, 0.25) is 0 Å². The van der Waals surface area contributed by atoms with Crippen molar-refractivity contribution in [1.29, 1.82) is 0 Å². The molecule has 0 heterocycles. The Balaban J connectivity index is 2.05. The van der Waals surface area contributed by atoms with E-state index in [1.165, 1.54) is 23.1 Å². The predicted octanol–water partition coefficient (Wildman–Crippen LogP) is 5.40. The normalized spacial score (nSPS) is 29.2. The second kappa shape index (κ2) is 6.38. The molecule has 0 amide bonds. The van der Waals surface area contributed by atoms with Crippen LogP contribution >= 0.6 is 0 Å². The molecule has 1 N–H and O–H groups in total. The third-order valence-electron chi connectivity index (χ3n) is 6.45. The molecule has 3 atom stereocenters. The third-order valence-corrected chi connectivity index (χ3v) is 6.45. The van der Waals surface area contributed by atoms with E-state index in [1.807, 2.05) is 12.1 Å². The first-order valence-electron chi connectivity index (χ1n) is 9.34. The van der Waals surface area contributed by atoms with Crippen molar-refractivity contribution in [2.75, 3.05) is 0 Å². The monoisotopic (exact) mass is 326 g/mol. The van der Waals surface area contributed by atoms with Gasteiger partial charge >= 0.3 is 0 Å². The number of fused-ring (bicyclic) bond motifs is 3. The molecule has 2 aliphatic carbocycles. The van der Waals surface area contributed by atoms with Crippen molar-refractivity contribution in [2.24, 2.45) is 17.3 Å². The number of hydrogen-bond acceptors (Lipinski definition) is 2. The first-order chi connectivity index (χ1) is 11.3. The topological polar surface area (TPSA) is 37.3 Å². The summed E-state index contributed by atoms with van der Waals surface area (Å²) in [7, 11) is 0. The first-order valence-corrected chi connectivity index (χ1v) is 9.34. The van der Waals surface area contributed by atoms with Gasteiger partial charge in [0.25, 0.3) is 0 Å². The number of Topliss-reactive ketones (excluding diaryl/α,β-unsaturated/α-hetero) is 1. The summed E-state index contributed by atoms with van der Waals surface area (Å²) in [5, 5.41) is 9.82. The molecule has 2 heteroatoms. The number of phenols is 1. The minimum absolute atomic E-state index is 0.0484. The molecular formula is C22H30O2. The summed E-state index contributed by atoms with van der Waals surface area (Å²) < 4.78 is 0. The van der Waals surface area contributed by atoms with Gasteiger partial charge in [0.15, 0.2) is 0 Å². The van der Waals surface area contributed by atoms with Crippen LogP contribution in [0, 0.1) is 17.3 Å². The van der Waals surface area contributed by atoms with Crippen LogP contribution < -0.4 is 0 Å². The molecular weight excluding hydrogens is 296 g/mol. The van der Waals surface area contributed by atoms with Gasteiger partial charge in [-0.2, -0.15) is 0 Å². The SMILES string of the molecule is C=C(C)[C@@]12CCc3cc(O)ccc3[C@H]1CC(=O)C[C@@H]2CCC(C)C. The van der Waals surface area contributed by atoms with Crippen LogP contribution in [-0.4, -0.2) is 10.9 Å². The Labute approximate surface area is 146 Å². The Morgan fingerprint density at radius 2 is 2.12 bits per heavy atom. The molecule has 0 bridgehead atoms. The first kappa shape index (κ1) is 17.3. The van der Waals surface area contributed by atoms with Gasteiger partial charge in [-0.05, 0) is 61.3 Å². The number of carbonyl (C=O) groups excluding carboxylic acids is 1. The van der Waals surface area contributed by atoms with Crippen LogP contribution in [0.1, 0.15) is 69.9 Å². The Bertz CT molecular complexity index is 658. The van der Waals surface area contributed by atoms with Gasteiger partial charge in [-0.25, -0.2) is 0 Å². The summed E-state index contributed by atoms with van der Waals surface area (Å²) in [6.07, 6.45) is 5.65. The molecule has 0 aromatic heterocycles. The second-order valence-electron chi connectivity index (χ2n) is 8.37. The number of hydrogen-bond donors (Lipinski definition) is 1.